The molecule has 2 heteroatoms. The fourth-order valence-corrected chi connectivity index (χ4v) is 3.88. The van der Waals surface area contributed by atoms with Crippen LogP contribution in [0, 0.1) is 6.92 Å². The van der Waals surface area contributed by atoms with Crippen molar-refractivity contribution >= 4 is 19.4 Å². The summed E-state index contributed by atoms with van der Waals surface area (Å²) in [6, 6.07) is 14.5. The van der Waals surface area contributed by atoms with Gasteiger partial charge in [0.05, 0.1) is 0 Å². The summed E-state index contributed by atoms with van der Waals surface area (Å²) in [5.41, 5.74) is 3.69. The molecule has 73 valence electrons. The SMILES string of the molecule is Cc1ccc2c(c1)-c1ccccc1[Si]2O. The molecule has 0 bridgehead atoms. The topological polar surface area (TPSA) is 20.2 Å². The molecule has 3 rings (SSSR count). The van der Waals surface area contributed by atoms with Gasteiger partial charge in [0, 0.05) is 0 Å². The maximum atomic E-state index is 10.2. The molecule has 1 heterocycles. The smallest absolute Gasteiger partial charge is 0.281 e. The van der Waals surface area contributed by atoms with Crippen molar-refractivity contribution in [3.63, 3.8) is 0 Å². The standard InChI is InChI=1S/C13H11OSi/c1-9-6-7-13-11(8-9)10-4-2-3-5-12(10)15(13)14/h2-8,14H,1H3. The van der Waals surface area contributed by atoms with Gasteiger partial charge in [-0.3, -0.25) is 0 Å². The van der Waals surface area contributed by atoms with Gasteiger partial charge in [-0.2, -0.15) is 0 Å². The average molecular weight is 211 g/mol. The Kier molecular flexibility index (Phi) is 1.81. The van der Waals surface area contributed by atoms with Gasteiger partial charge < -0.3 is 4.80 Å². The van der Waals surface area contributed by atoms with Gasteiger partial charge in [0.25, 0.3) is 9.04 Å². The first-order chi connectivity index (χ1) is 7.27. The van der Waals surface area contributed by atoms with Crippen molar-refractivity contribution in [2.45, 2.75) is 6.92 Å². The molecule has 15 heavy (non-hydrogen) atoms. The zero-order valence-electron chi connectivity index (χ0n) is 8.49. The van der Waals surface area contributed by atoms with Gasteiger partial charge in [-0.05, 0) is 28.4 Å². The molecule has 0 aliphatic carbocycles. The van der Waals surface area contributed by atoms with Crippen LogP contribution < -0.4 is 10.4 Å². The Morgan fingerprint density at radius 1 is 0.933 bits per heavy atom. The van der Waals surface area contributed by atoms with E-state index in [1.165, 1.54) is 16.7 Å². The highest BCUT2D eigenvalue weighted by Gasteiger charge is 2.29. The quantitative estimate of drug-likeness (QED) is 0.646. The normalized spacial score (nSPS) is 13.7. The van der Waals surface area contributed by atoms with E-state index < -0.39 is 9.04 Å². The van der Waals surface area contributed by atoms with E-state index in [-0.39, 0.29) is 0 Å². The van der Waals surface area contributed by atoms with Gasteiger partial charge in [-0.25, -0.2) is 0 Å². The highest BCUT2D eigenvalue weighted by molar-refractivity contribution is 6.83. The summed E-state index contributed by atoms with van der Waals surface area (Å²) in [5.74, 6) is 0. The van der Waals surface area contributed by atoms with Crippen molar-refractivity contribution in [2.75, 3.05) is 0 Å². The number of benzene rings is 2. The molecule has 1 nitrogen and oxygen atoms in total. The highest BCUT2D eigenvalue weighted by atomic mass is 28.3. The lowest BCUT2D eigenvalue weighted by atomic mass is 10.0. The molecule has 0 unspecified atom stereocenters. The molecule has 1 aliphatic heterocycles. The Balaban J connectivity index is 2.34. The minimum atomic E-state index is -1.49. The minimum Gasteiger partial charge on any atom is -0.424 e. The Hall–Kier alpha value is -1.38. The number of fused-ring (bicyclic) bond motifs is 3. The van der Waals surface area contributed by atoms with Gasteiger partial charge in [0.15, 0.2) is 0 Å². The maximum Gasteiger partial charge on any atom is 0.281 e. The molecule has 2 aromatic carbocycles. The van der Waals surface area contributed by atoms with Crippen LogP contribution in [0.2, 0.25) is 0 Å². The van der Waals surface area contributed by atoms with E-state index in [0.717, 1.165) is 10.4 Å². The molecule has 0 fully saturated rings. The Morgan fingerprint density at radius 3 is 2.53 bits per heavy atom. The van der Waals surface area contributed by atoms with E-state index in [1.807, 2.05) is 18.2 Å². The average Bonchev–Trinajstić information content (AvgIpc) is 2.54. The molecule has 1 N–H and O–H groups in total. The van der Waals surface area contributed by atoms with Crippen molar-refractivity contribution in [3.05, 3.63) is 48.0 Å². The van der Waals surface area contributed by atoms with Gasteiger partial charge in [-0.1, -0.05) is 48.0 Å². The Morgan fingerprint density at radius 2 is 1.67 bits per heavy atom. The second-order valence-corrected chi connectivity index (χ2v) is 5.72. The van der Waals surface area contributed by atoms with Crippen LogP contribution in [-0.2, 0) is 0 Å². The molecule has 0 spiro atoms. The second-order valence-electron chi connectivity index (χ2n) is 3.94. The fraction of sp³-hybridized carbons (Fsp3) is 0.0769. The van der Waals surface area contributed by atoms with Crippen LogP contribution in [-0.4, -0.2) is 13.8 Å². The van der Waals surface area contributed by atoms with E-state index in [0.29, 0.717) is 0 Å². The number of hydrogen-bond donors (Lipinski definition) is 1. The zero-order chi connectivity index (χ0) is 10.4. The van der Waals surface area contributed by atoms with E-state index >= 15 is 0 Å². The van der Waals surface area contributed by atoms with E-state index in [2.05, 4.69) is 31.2 Å². The van der Waals surface area contributed by atoms with Crippen molar-refractivity contribution < 1.29 is 4.80 Å². The predicted octanol–water partition coefficient (Wildman–Crippen LogP) is 1.07. The third kappa shape index (κ3) is 1.19. The molecule has 0 saturated heterocycles. The zero-order valence-corrected chi connectivity index (χ0v) is 9.49. The van der Waals surface area contributed by atoms with Crippen LogP contribution in [0.25, 0.3) is 11.1 Å². The Bertz CT molecular complexity index is 534. The largest absolute Gasteiger partial charge is 0.424 e. The second kappa shape index (κ2) is 3.05. The lowest BCUT2D eigenvalue weighted by molar-refractivity contribution is 0.601. The van der Waals surface area contributed by atoms with Crippen LogP contribution in [0.5, 0.6) is 0 Å². The van der Waals surface area contributed by atoms with E-state index in [1.54, 1.807) is 0 Å². The van der Waals surface area contributed by atoms with Crippen molar-refractivity contribution in [1.82, 2.24) is 0 Å². The summed E-state index contributed by atoms with van der Waals surface area (Å²) < 4.78 is 0. The predicted molar refractivity (Wildman–Crippen MR) is 63.9 cm³/mol. The summed E-state index contributed by atoms with van der Waals surface area (Å²) in [4.78, 5) is 10.2. The van der Waals surface area contributed by atoms with Crippen LogP contribution in [0.1, 0.15) is 5.56 Å². The lowest BCUT2D eigenvalue weighted by Crippen LogP contribution is -2.37. The highest BCUT2D eigenvalue weighted by Crippen LogP contribution is 2.22. The van der Waals surface area contributed by atoms with Crippen LogP contribution in [0.15, 0.2) is 42.5 Å². The summed E-state index contributed by atoms with van der Waals surface area (Å²) >= 11 is 0. The van der Waals surface area contributed by atoms with Crippen LogP contribution in [0.4, 0.5) is 0 Å². The molecule has 0 atom stereocenters. The molecular formula is C13H11OSi. The summed E-state index contributed by atoms with van der Waals surface area (Å²) in [7, 11) is -1.49. The third-order valence-electron chi connectivity index (χ3n) is 2.90. The third-order valence-corrected chi connectivity index (χ3v) is 4.80. The number of aryl methyl sites for hydroxylation is 1. The molecule has 0 aromatic heterocycles. The van der Waals surface area contributed by atoms with Gasteiger partial charge in [-0.15, -0.1) is 0 Å². The first kappa shape index (κ1) is 8.89. The van der Waals surface area contributed by atoms with Crippen LogP contribution in [0.3, 0.4) is 0 Å². The van der Waals surface area contributed by atoms with Gasteiger partial charge >= 0.3 is 0 Å². The Labute approximate surface area is 90.7 Å². The molecule has 1 aliphatic rings. The van der Waals surface area contributed by atoms with Crippen LogP contribution >= 0.6 is 0 Å². The molecular weight excluding hydrogens is 200 g/mol. The fourth-order valence-electron chi connectivity index (χ4n) is 2.16. The number of hydrogen-bond acceptors (Lipinski definition) is 1. The lowest BCUT2D eigenvalue weighted by Gasteiger charge is -2.02. The molecule has 2 aromatic rings. The van der Waals surface area contributed by atoms with E-state index in [9.17, 15) is 4.80 Å². The molecule has 1 radical (unpaired) electrons. The summed E-state index contributed by atoms with van der Waals surface area (Å²) in [6.45, 7) is 2.09. The van der Waals surface area contributed by atoms with Gasteiger partial charge in [0.1, 0.15) is 0 Å². The summed E-state index contributed by atoms with van der Waals surface area (Å²) in [6.07, 6.45) is 0. The minimum absolute atomic E-state index is 1.13. The van der Waals surface area contributed by atoms with Crippen molar-refractivity contribution in [1.29, 1.82) is 0 Å². The van der Waals surface area contributed by atoms with Crippen molar-refractivity contribution in [2.24, 2.45) is 0 Å². The first-order valence-corrected chi connectivity index (χ1v) is 6.49. The first-order valence-electron chi connectivity index (χ1n) is 5.04. The molecule has 0 amide bonds. The van der Waals surface area contributed by atoms with Crippen molar-refractivity contribution in [3.8, 4) is 11.1 Å². The monoisotopic (exact) mass is 211 g/mol. The summed E-state index contributed by atoms with van der Waals surface area (Å²) in [5, 5.41) is 2.26. The van der Waals surface area contributed by atoms with E-state index in [4.69, 9.17) is 0 Å². The van der Waals surface area contributed by atoms with Gasteiger partial charge in [0.2, 0.25) is 0 Å². The molecule has 0 saturated carbocycles. The number of rotatable bonds is 0. The maximum absolute atomic E-state index is 10.2.